The van der Waals surface area contributed by atoms with Crippen molar-refractivity contribution in [3.8, 4) is 5.75 Å². The molecule has 150 valence electrons. The lowest BCUT2D eigenvalue weighted by molar-refractivity contribution is 0.391. The van der Waals surface area contributed by atoms with Gasteiger partial charge in [-0.3, -0.25) is 0 Å². The van der Waals surface area contributed by atoms with E-state index in [1.54, 1.807) is 25.3 Å². The molecule has 1 aromatic rings. The lowest BCUT2D eigenvalue weighted by Crippen LogP contribution is -2.40. The van der Waals surface area contributed by atoms with Gasteiger partial charge in [-0.1, -0.05) is 20.3 Å². The van der Waals surface area contributed by atoms with Crippen molar-refractivity contribution < 1.29 is 13.2 Å². The minimum atomic E-state index is -3.54. The fourth-order valence-electron chi connectivity index (χ4n) is 4.41. The fraction of sp³-hybridized carbons (Fsp3) is 0.632. The molecule has 27 heavy (non-hydrogen) atoms. The van der Waals surface area contributed by atoms with Crippen LogP contribution < -0.4 is 15.4 Å². The van der Waals surface area contributed by atoms with Gasteiger partial charge in [0.15, 0.2) is 5.11 Å². The molecule has 6 nitrogen and oxygen atoms in total. The molecule has 0 unspecified atom stereocenters. The second-order valence-corrected chi connectivity index (χ2v) is 9.68. The summed E-state index contributed by atoms with van der Waals surface area (Å²) in [6, 6.07) is 5.25. The summed E-state index contributed by atoms with van der Waals surface area (Å²) in [5.74, 6) is 2.09. The highest BCUT2D eigenvalue weighted by molar-refractivity contribution is 7.89. The predicted molar refractivity (Wildman–Crippen MR) is 112 cm³/mol. The zero-order valence-electron chi connectivity index (χ0n) is 16.2. The molecule has 0 heterocycles. The molecule has 3 atom stereocenters. The van der Waals surface area contributed by atoms with Crippen molar-refractivity contribution in [1.82, 2.24) is 9.62 Å². The summed E-state index contributed by atoms with van der Waals surface area (Å²) >= 11 is 5.49. The van der Waals surface area contributed by atoms with Crippen molar-refractivity contribution in [2.45, 2.75) is 50.5 Å². The highest BCUT2D eigenvalue weighted by atomic mass is 32.2. The molecule has 8 heteroatoms. The van der Waals surface area contributed by atoms with E-state index in [4.69, 9.17) is 17.0 Å². The van der Waals surface area contributed by atoms with Crippen LogP contribution in [0.3, 0.4) is 0 Å². The Morgan fingerprint density at radius 1 is 1.26 bits per heavy atom. The van der Waals surface area contributed by atoms with E-state index >= 15 is 0 Å². The van der Waals surface area contributed by atoms with Gasteiger partial charge in [0.1, 0.15) is 5.75 Å². The summed E-state index contributed by atoms with van der Waals surface area (Å²) in [6.07, 6.45) is 5.06. The Hall–Kier alpha value is -1.38. The van der Waals surface area contributed by atoms with Gasteiger partial charge in [0.25, 0.3) is 0 Å². The van der Waals surface area contributed by atoms with E-state index in [1.807, 2.05) is 13.8 Å². The maximum Gasteiger partial charge on any atom is 0.243 e. The van der Waals surface area contributed by atoms with Gasteiger partial charge in [-0.25, -0.2) is 8.42 Å². The van der Waals surface area contributed by atoms with Crippen LogP contribution in [0.1, 0.15) is 39.5 Å². The monoisotopic (exact) mass is 411 g/mol. The van der Waals surface area contributed by atoms with Gasteiger partial charge in [-0.2, -0.15) is 4.31 Å². The highest BCUT2D eigenvalue weighted by Gasteiger charge is 2.39. The molecule has 0 spiro atoms. The average molecular weight is 412 g/mol. The Bertz CT molecular complexity index is 793. The number of anilines is 1. The first kappa shape index (κ1) is 20.4. The molecule has 1 aromatic carbocycles. The standard InChI is InChI=1S/C19H29N3O3S2/c1-4-22(5-2)27(23,24)15-8-9-18(25-3)17(12-15)21-19(26)20-16-11-13-6-7-14(16)10-13/h8-9,12-14,16H,4-7,10-11H2,1-3H3,(H2,20,21,26)/t13-,14-,16+/m1/s1. The van der Waals surface area contributed by atoms with Gasteiger partial charge in [-0.15, -0.1) is 0 Å². The van der Waals surface area contributed by atoms with Gasteiger partial charge >= 0.3 is 0 Å². The van der Waals surface area contributed by atoms with Gasteiger partial charge < -0.3 is 15.4 Å². The lowest BCUT2D eigenvalue weighted by Gasteiger charge is -2.25. The molecular formula is C19H29N3O3S2. The fourth-order valence-corrected chi connectivity index (χ4v) is 6.15. The van der Waals surface area contributed by atoms with E-state index in [9.17, 15) is 8.42 Å². The van der Waals surface area contributed by atoms with Gasteiger partial charge in [0.05, 0.1) is 17.7 Å². The number of hydrogen-bond donors (Lipinski definition) is 2. The average Bonchev–Trinajstić information content (AvgIpc) is 3.25. The van der Waals surface area contributed by atoms with Crippen LogP contribution in [0.4, 0.5) is 5.69 Å². The molecule has 0 aromatic heterocycles. The van der Waals surface area contributed by atoms with E-state index in [-0.39, 0.29) is 4.90 Å². The van der Waals surface area contributed by atoms with Crippen molar-refractivity contribution in [3.05, 3.63) is 18.2 Å². The number of thiocarbonyl (C=S) groups is 1. The predicted octanol–water partition coefficient (Wildman–Crippen LogP) is 3.20. The topological polar surface area (TPSA) is 70.7 Å². The van der Waals surface area contributed by atoms with E-state index in [0.29, 0.717) is 41.6 Å². The summed E-state index contributed by atoms with van der Waals surface area (Å²) in [4.78, 5) is 0.234. The third-order valence-corrected chi connectivity index (χ3v) is 8.08. The molecule has 0 saturated heterocycles. The Morgan fingerprint density at radius 3 is 2.56 bits per heavy atom. The first-order valence-electron chi connectivity index (χ1n) is 9.64. The second-order valence-electron chi connectivity index (χ2n) is 7.33. The largest absolute Gasteiger partial charge is 0.495 e. The first-order chi connectivity index (χ1) is 12.9. The molecule has 2 aliphatic rings. The maximum absolute atomic E-state index is 12.8. The van der Waals surface area contributed by atoms with Crippen molar-refractivity contribution >= 4 is 33.0 Å². The number of methoxy groups -OCH3 is 1. The molecule has 2 bridgehead atoms. The summed E-state index contributed by atoms with van der Waals surface area (Å²) in [5.41, 5.74) is 0.561. The van der Waals surface area contributed by atoms with Crippen LogP contribution in [0.2, 0.25) is 0 Å². The zero-order valence-corrected chi connectivity index (χ0v) is 17.8. The van der Waals surface area contributed by atoms with Gasteiger partial charge in [-0.05, 0) is 61.5 Å². The Labute approximate surface area is 167 Å². The maximum atomic E-state index is 12.8. The first-order valence-corrected chi connectivity index (χ1v) is 11.5. The lowest BCUT2D eigenvalue weighted by atomic mass is 9.96. The molecular weight excluding hydrogens is 382 g/mol. The van der Waals surface area contributed by atoms with Crippen LogP contribution >= 0.6 is 12.2 Å². The van der Waals surface area contributed by atoms with Crippen LogP contribution in [0.25, 0.3) is 0 Å². The normalized spacial score (nSPS) is 24.2. The number of benzene rings is 1. The van der Waals surface area contributed by atoms with Crippen molar-refractivity contribution in [3.63, 3.8) is 0 Å². The summed E-state index contributed by atoms with van der Waals surface area (Å²) < 4.78 is 32.4. The van der Waals surface area contributed by atoms with Crippen molar-refractivity contribution in [1.29, 1.82) is 0 Å². The Morgan fingerprint density at radius 2 is 2.00 bits per heavy atom. The molecule has 0 aliphatic heterocycles. The smallest absolute Gasteiger partial charge is 0.243 e. The van der Waals surface area contributed by atoms with Crippen molar-refractivity contribution in [2.24, 2.45) is 11.8 Å². The molecule has 0 radical (unpaired) electrons. The third-order valence-electron chi connectivity index (χ3n) is 5.82. The number of hydrogen-bond acceptors (Lipinski definition) is 4. The molecule has 2 N–H and O–H groups in total. The number of fused-ring (bicyclic) bond motifs is 2. The molecule has 0 amide bonds. The van der Waals surface area contributed by atoms with Gasteiger partial charge in [0, 0.05) is 19.1 Å². The van der Waals surface area contributed by atoms with Crippen LogP contribution in [0, 0.1) is 11.8 Å². The Kier molecular flexibility index (Phi) is 6.28. The summed E-state index contributed by atoms with van der Waals surface area (Å²) in [5, 5.41) is 7.08. The minimum Gasteiger partial charge on any atom is -0.495 e. The zero-order chi connectivity index (χ0) is 19.6. The molecule has 2 aliphatic carbocycles. The number of nitrogens with one attached hydrogen (secondary N) is 2. The van der Waals surface area contributed by atoms with Crippen LogP contribution in [0.15, 0.2) is 23.1 Å². The van der Waals surface area contributed by atoms with E-state index in [0.717, 1.165) is 5.92 Å². The number of nitrogens with zero attached hydrogens (tertiary/aromatic N) is 1. The molecule has 2 fully saturated rings. The second kappa shape index (κ2) is 8.32. The Balaban J connectivity index is 1.76. The molecule has 3 rings (SSSR count). The van der Waals surface area contributed by atoms with Crippen molar-refractivity contribution in [2.75, 3.05) is 25.5 Å². The number of rotatable bonds is 7. The summed E-state index contributed by atoms with van der Waals surface area (Å²) in [7, 11) is -1.98. The SMILES string of the molecule is CCN(CC)S(=O)(=O)c1ccc(OC)c(NC(=S)N[C@H]2C[C@@H]3CC[C@@H]2C3)c1. The third kappa shape index (κ3) is 4.22. The highest BCUT2D eigenvalue weighted by Crippen LogP contribution is 2.44. The van der Waals surface area contributed by atoms with E-state index in [1.165, 1.54) is 30.0 Å². The van der Waals surface area contributed by atoms with E-state index in [2.05, 4.69) is 10.6 Å². The quantitative estimate of drug-likeness (QED) is 0.672. The van der Waals surface area contributed by atoms with Gasteiger partial charge in [0.2, 0.25) is 10.0 Å². The minimum absolute atomic E-state index is 0.234. The van der Waals surface area contributed by atoms with Crippen LogP contribution in [0.5, 0.6) is 5.75 Å². The van der Waals surface area contributed by atoms with Crippen LogP contribution in [-0.2, 0) is 10.0 Å². The van der Waals surface area contributed by atoms with Crippen LogP contribution in [-0.4, -0.2) is 44.1 Å². The number of ether oxygens (including phenoxy) is 1. The molecule has 2 saturated carbocycles. The van der Waals surface area contributed by atoms with E-state index < -0.39 is 10.0 Å². The summed E-state index contributed by atoms with van der Waals surface area (Å²) in [6.45, 7) is 4.52. The number of sulfonamides is 1.